The maximum absolute atomic E-state index is 10.4. The van der Waals surface area contributed by atoms with Gasteiger partial charge in [-0.05, 0) is 6.92 Å². The van der Waals surface area contributed by atoms with E-state index in [9.17, 15) is 4.79 Å². The van der Waals surface area contributed by atoms with Gasteiger partial charge in [0, 0.05) is 0 Å². The number of carbonyl (C=O) groups is 1. The molecule has 0 aliphatic heterocycles. The third kappa shape index (κ3) is 5.26. The summed E-state index contributed by atoms with van der Waals surface area (Å²) < 4.78 is 4.25. The van der Waals surface area contributed by atoms with Crippen LogP contribution in [0.2, 0.25) is 0 Å². The quantitative estimate of drug-likeness (QED) is 0.382. The molecule has 54 valence electrons. The van der Waals surface area contributed by atoms with Crippen LogP contribution in [0.25, 0.3) is 0 Å². The first-order valence-corrected chi connectivity index (χ1v) is 2.54. The van der Waals surface area contributed by atoms with E-state index in [1.54, 1.807) is 0 Å². The topological polar surface area (TPSA) is 72.5 Å². The molecule has 4 nitrogen and oxygen atoms in total. The van der Waals surface area contributed by atoms with Crippen LogP contribution in [-0.2, 0) is 9.53 Å². The Bertz CT molecular complexity index is 105. The minimum atomic E-state index is -1.45. The molecule has 0 amide bonds. The molecule has 3 N–H and O–H groups in total. The minimum absolute atomic E-state index is 0.177. The summed E-state index contributed by atoms with van der Waals surface area (Å²) in [6.45, 7) is 1.34. The van der Waals surface area contributed by atoms with Gasteiger partial charge >= 0.3 is 5.97 Å². The molecule has 0 heterocycles. The van der Waals surface area contributed by atoms with Crippen molar-refractivity contribution in [1.82, 2.24) is 0 Å². The molecule has 0 aromatic rings. The predicted octanol–water partition coefficient (Wildman–Crippen LogP) is -0.783. The van der Waals surface area contributed by atoms with E-state index < -0.39 is 11.7 Å². The Morgan fingerprint density at radius 2 is 2.33 bits per heavy atom. The van der Waals surface area contributed by atoms with E-state index in [0.29, 0.717) is 0 Å². The maximum Gasteiger partial charge on any atom is 0.309 e. The van der Waals surface area contributed by atoms with Crippen LogP contribution >= 0.6 is 0 Å². The number of rotatable bonds is 2. The largest absolute Gasteiger partial charge is 0.469 e. The smallest absolute Gasteiger partial charge is 0.309 e. The molecule has 0 aliphatic carbocycles. The first-order chi connectivity index (χ1) is 3.95. The summed E-state index contributed by atoms with van der Waals surface area (Å²) in [6.07, 6.45) is -0.177. The van der Waals surface area contributed by atoms with Crippen LogP contribution in [-0.4, -0.2) is 23.9 Å². The molecule has 0 radical (unpaired) electrons. The molecule has 0 saturated heterocycles. The maximum atomic E-state index is 10.4. The number of carbonyl (C=O) groups excluding carboxylic acids is 1. The fourth-order valence-electron chi connectivity index (χ4n) is 0.364. The van der Waals surface area contributed by atoms with Crippen molar-refractivity contribution in [2.24, 2.45) is 5.73 Å². The molecule has 0 bridgehead atoms. The molecule has 9 heavy (non-hydrogen) atoms. The van der Waals surface area contributed by atoms with Crippen molar-refractivity contribution in [3.8, 4) is 0 Å². The molecule has 0 aliphatic rings. The van der Waals surface area contributed by atoms with Crippen molar-refractivity contribution >= 4 is 5.97 Å². The van der Waals surface area contributed by atoms with Crippen LogP contribution in [0, 0.1) is 0 Å². The number of ether oxygens (including phenoxy) is 1. The highest BCUT2D eigenvalue weighted by molar-refractivity contribution is 5.70. The van der Waals surface area contributed by atoms with Gasteiger partial charge in [-0.3, -0.25) is 4.79 Å². The normalized spacial score (nSPS) is 16.4. The lowest BCUT2D eigenvalue weighted by Gasteiger charge is -2.14. The number of hydrogen-bond acceptors (Lipinski definition) is 4. The van der Waals surface area contributed by atoms with Gasteiger partial charge in [0.05, 0.1) is 13.5 Å². The molecule has 0 aromatic carbocycles. The van der Waals surface area contributed by atoms with Gasteiger partial charge < -0.3 is 15.6 Å². The highest BCUT2D eigenvalue weighted by atomic mass is 16.5. The van der Waals surface area contributed by atoms with Crippen molar-refractivity contribution in [2.45, 2.75) is 19.1 Å². The molecule has 1 atom stereocenters. The number of esters is 1. The van der Waals surface area contributed by atoms with Gasteiger partial charge in [-0.1, -0.05) is 0 Å². The van der Waals surface area contributed by atoms with E-state index in [1.807, 2.05) is 0 Å². The van der Waals surface area contributed by atoms with Crippen LogP contribution in [0.4, 0.5) is 0 Å². The summed E-state index contributed by atoms with van der Waals surface area (Å²) in [7, 11) is 1.24. The summed E-state index contributed by atoms with van der Waals surface area (Å²) in [6, 6.07) is 0. The molecule has 0 saturated carbocycles. The molecular weight excluding hydrogens is 122 g/mol. The highest BCUT2D eigenvalue weighted by Crippen LogP contribution is 1.99. The summed E-state index contributed by atoms with van der Waals surface area (Å²) in [4.78, 5) is 10.4. The second-order valence-electron chi connectivity index (χ2n) is 2.11. The first-order valence-electron chi connectivity index (χ1n) is 2.54. The van der Waals surface area contributed by atoms with E-state index in [0.717, 1.165) is 0 Å². The van der Waals surface area contributed by atoms with Crippen LogP contribution in [0.3, 0.4) is 0 Å². The van der Waals surface area contributed by atoms with E-state index in [1.165, 1.54) is 14.0 Å². The number of aliphatic hydroxyl groups is 1. The zero-order valence-electron chi connectivity index (χ0n) is 5.55. The van der Waals surface area contributed by atoms with Crippen LogP contribution in [0.5, 0.6) is 0 Å². The van der Waals surface area contributed by atoms with Crippen molar-refractivity contribution in [3.63, 3.8) is 0 Å². The van der Waals surface area contributed by atoms with Gasteiger partial charge in [0.25, 0.3) is 0 Å². The Hall–Kier alpha value is -0.610. The van der Waals surface area contributed by atoms with Gasteiger partial charge in [0.15, 0.2) is 0 Å². The van der Waals surface area contributed by atoms with E-state index in [-0.39, 0.29) is 6.42 Å². The molecule has 1 unspecified atom stereocenters. The second kappa shape index (κ2) is 2.80. The molecule has 0 aromatic heterocycles. The average Bonchev–Trinajstić information content (AvgIpc) is 1.62. The monoisotopic (exact) mass is 133 g/mol. The Kier molecular flexibility index (Phi) is 2.61. The molecule has 0 rings (SSSR count). The summed E-state index contributed by atoms with van der Waals surface area (Å²) in [5.41, 5.74) is 3.62. The van der Waals surface area contributed by atoms with Gasteiger partial charge in [0.1, 0.15) is 5.72 Å². The predicted molar refractivity (Wildman–Crippen MR) is 31.4 cm³/mol. The summed E-state index contributed by atoms with van der Waals surface area (Å²) in [5.74, 6) is -0.512. The average molecular weight is 133 g/mol. The zero-order valence-corrected chi connectivity index (χ0v) is 5.55. The zero-order chi connectivity index (χ0) is 7.49. The molecule has 0 spiro atoms. The summed E-state index contributed by atoms with van der Waals surface area (Å²) >= 11 is 0. The fourth-order valence-corrected chi connectivity index (χ4v) is 0.364. The summed E-state index contributed by atoms with van der Waals surface area (Å²) in [5, 5.41) is 8.80. The Balaban J connectivity index is 3.60. The van der Waals surface area contributed by atoms with E-state index in [2.05, 4.69) is 4.74 Å². The third-order valence-corrected chi connectivity index (χ3v) is 0.730. The number of nitrogens with two attached hydrogens (primary N) is 1. The van der Waals surface area contributed by atoms with Crippen molar-refractivity contribution < 1.29 is 14.6 Å². The Morgan fingerprint density at radius 1 is 1.89 bits per heavy atom. The van der Waals surface area contributed by atoms with Crippen LogP contribution in [0.15, 0.2) is 0 Å². The highest BCUT2D eigenvalue weighted by Gasteiger charge is 2.18. The minimum Gasteiger partial charge on any atom is -0.469 e. The lowest BCUT2D eigenvalue weighted by molar-refractivity contribution is -0.145. The SMILES string of the molecule is COC(=O)CC(C)(N)O. The second-order valence-corrected chi connectivity index (χ2v) is 2.11. The fraction of sp³-hybridized carbons (Fsp3) is 0.800. The van der Waals surface area contributed by atoms with Gasteiger partial charge in [-0.25, -0.2) is 0 Å². The Morgan fingerprint density at radius 3 is 2.44 bits per heavy atom. The molecular formula is C5H11NO3. The van der Waals surface area contributed by atoms with Gasteiger partial charge in [-0.2, -0.15) is 0 Å². The lowest BCUT2D eigenvalue weighted by Crippen LogP contribution is -2.38. The van der Waals surface area contributed by atoms with Crippen molar-refractivity contribution in [1.29, 1.82) is 0 Å². The first kappa shape index (κ1) is 8.39. The molecule has 4 heteroatoms. The number of methoxy groups -OCH3 is 1. The van der Waals surface area contributed by atoms with Gasteiger partial charge in [-0.15, -0.1) is 0 Å². The standard InChI is InChI=1S/C5H11NO3/c1-5(6,8)3-4(7)9-2/h8H,3,6H2,1-2H3. The van der Waals surface area contributed by atoms with E-state index >= 15 is 0 Å². The molecule has 0 fully saturated rings. The Labute approximate surface area is 53.6 Å². The number of hydrogen-bond donors (Lipinski definition) is 2. The lowest BCUT2D eigenvalue weighted by atomic mass is 10.2. The third-order valence-electron chi connectivity index (χ3n) is 0.730. The van der Waals surface area contributed by atoms with E-state index in [4.69, 9.17) is 10.8 Å². The van der Waals surface area contributed by atoms with Crippen molar-refractivity contribution in [2.75, 3.05) is 7.11 Å². The van der Waals surface area contributed by atoms with Crippen LogP contribution in [0.1, 0.15) is 13.3 Å². The van der Waals surface area contributed by atoms with Crippen molar-refractivity contribution in [3.05, 3.63) is 0 Å². The van der Waals surface area contributed by atoms with Gasteiger partial charge in [0.2, 0.25) is 0 Å². The van der Waals surface area contributed by atoms with Crippen LogP contribution < -0.4 is 5.73 Å².